The second-order valence-corrected chi connectivity index (χ2v) is 5.13. The van der Waals surface area contributed by atoms with Crippen LogP contribution in [0.5, 0.6) is 0 Å². The van der Waals surface area contributed by atoms with Crippen LogP contribution in [0.25, 0.3) is 0 Å². The van der Waals surface area contributed by atoms with Gasteiger partial charge in [-0.1, -0.05) is 35.9 Å². The first-order chi connectivity index (χ1) is 8.04. The summed E-state index contributed by atoms with van der Waals surface area (Å²) in [5.74, 6) is 0.236. The van der Waals surface area contributed by atoms with Gasteiger partial charge in [0.1, 0.15) is 6.10 Å². The van der Waals surface area contributed by atoms with Crippen molar-refractivity contribution in [2.75, 3.05) is 0 Å². The third-order valence-corrected chi connectivity index (χ3v) is 3.69. The van der Waals surface area contributed by atoms with Gasteiger partial charge in [-0.05, 0) is 30.9 Å². The van der Waals surface area contributed by atoms with E-state index in [1.807, 2.05) is 24.3 Å². The molecule has 17 heavy (non-hydrogen) atoms. The maximum Gasteiger partial charge on any atom is 0.506 e. The maximum absolute atomic E-state index is 10.4. The van der Waals surface area contributed by atoms with Crippen LogP contribution in [0, 0.1) is 0 Å². The minimum atomic E-state index is -1.22. The van der Waals surface area contributed by atoms with E-state index in [1.54, 1.807) is 6.92 Å². The summed E-state index contributed by atoms with van der Waals surface area (Å²) in [4.78, 5) is 11.5. The smallest absolute Gasteiger partial charge is 0.450 e. The Kier molecular flexibility index (Phi) is 5.71. The molecule has 0 bridgehead atoms. The van der Waals surface area contributed by atoms with Crippen molar-refractivity contribution in [2.24, 2.45) is 0 Å². The van der Waals surface area contributed by atoms with Crippen LogP contribution in [0.3, 0.4) is 0 Å². The third-order valence-electron chi connectivity index (χ3n) is 2.54. The molecule has 0 saturated carbocycles. The molecule has 1 aromatic carbocycles. The zero-order valence-electron chi connectivity index (χ0n) is 9.79. The molecule has 0 aliphatic carbocycles. The molecule has 94 valence electrons. The molecule has 0 heterocycles. The van der Waals surface area contributed by atoms with Crippen LogP contribution in [0.2, 0.25) is 0 Å². The molecule has 2 unspecified atom stereocenters. The first-order valence-electron chi connectivity index (χ1n) is 5.34. The Balaban J connectivity index is 2.69. The monoisotopic (exact) mass is 272 g/mol. The Hall–Kier alpha value is -0.810. The van der Waals surface area contributed by atoms with Gasteiger partial charge in [-0.25, -0.2) is 4.79 Å². The first-order valence-corrected chi connectivity index (χ1v) is 7.21. The summed E-state index contributed by atoms with van der Waals surface area (Å²) in [6.45, 7) is 3.83. The van der Waals surface area contributed by atoms with Gasteiger partial charge in [-0.15, -0.1) is 11.7 Å². The number of benzene rings is 1. The molecule has 1 aromatic rings. The number of thiol groups is 1. The largest absolute Gasteiger partial charge is 0.506 e. The molecule has 0 radical (unpaired) electrons. The standard InChI is InChI=1S/C12H16O3S2/c1-8(7-9(2)15-12(13)14)10-5-3-4-6-11(10)17-16/h3-6,8-9,16H,7H2,1-2H3,(H,13,14). The summed E-state index contributed by atoms with van der Waals surface area (Å²) in [6, 6.07) is 7.98. The average Bonchev–Trinajstić information content (AvgIpc) is 2.27. The minimum absolute atomic E-state index is 0.236. The Bertz CT molecular complexity index is 382. The molecule has 0 aliphatic rings. The van der Waals surface area contributed by atoms with Gasteiger partial charge in [0.25, 0.3) is 0 Å². The van der Waals surface area contributed by atoms with Crippen molar-refractivity contribution >= 4 is 28.6 Å². The molecule has 0 fully saturated rings. The summed E-state index contributed by atoms with van der Waals surface area (Å²) in [6.07, 6.45) is -0.862. The molecule has 3 nitrogen and oxygen atoms in total. The number of ether oxygens (including phenoxy) is 1. The highest BCUT2D eigenvalue weighted by molar-refractivity contribution is 8.68. The predicted octanol–water partition coefficient (Wildman–Crippen LogP) is 4.20. The van der Waals surface area contributed by atoms with E-state index in [0.717, 1.165) is 4.90 Å². The number of hydrogen-bond acceptors (Lipinski definition) is 4. The molecule has 5 heteroatoms. The minimum Gasteiger partial charge on any atom is -0.450 e. The van der Waals surface area contributed by atoms with Crippen molar-refractivity contribution < 1.29 is 14.6 Å². The zero-order valence-corrected chi connectivity index (χ0v) is 11.5. The highest BCUT2D eigenvalue weighted by atomic mass is 33.1. The van der Waals surface area contributed by atoms with Crippen molar-refractivity contribution in [1.29, 1.82) is 0 Å². The lowest BCUT2D eigenvalue weighted by Gasteiger charge is -2.18. The van der Waals surface area contributed by atoms with Crippen molar-refractivity contribution in [1.82, 2.24) is 0 Å². The van der Waals surface area contributed by atoms with E-state index in [-0.39, 0.29) is 12.0 Å². The van der Waals surface area contributed by atoms with E-state index < -0.39 is 6.16 Å². The van der Waals surface area contributed by atoms with Gasteiger partial charge in [0.2, 0.25) is 0 Å². The first kappa shape index (κ1) is 14.3. The van der Waals surface area contributed by atoms with E-state index in [1.165, 1.54) is 16.4 Å². The van der Waals surface area contributed by atoms with Gasteiger partial charge in [-0.3, -0.25) is 0 Å². The van der Waals surface area contributed by atoms with Gasteiger partial charge >= 0.3 is 6.16 Å². The number of carbonyl (C=O) groups is 1. The second kappa shape index (κ2) is 6.81. The number of rotatable bonds is 5. The fourth-order valence-electron chi connectivity index (χ4n) is 1.82. The van der Waals surface area contributed by atoms with E-state index >= 15 is 0 Å². The van der Waals surface area contributed by atoms with Crippen molar-refractivity contribution in [3.63, 3.8) is 0 Å². The van der Waals surface area contributed by atoms with E-state index in [0.29, 0.717) is 6.42 Å². The fourth-order valence-corrected chi connectivity index (χ4v) is 2.83. The maximum atomic E-state index is 10.4. The van der Waals surface area contributed by atoms with E-state index in [2.05, 4.69) is 18.6 Å². The van der Waals surface area contributed by atoms with Crippen molar-refractivity contribution in [2.45, 2.75) is 37.2 Å². The number of hydrogen-bond donors (Lipinski definition) is 2. The highest BCUT2D eigenvalue weighted by Crippen LogP contribution is 2.32. The van der Waals surface area contributed by atoms with Gasteiger partial charge in [0.05, 0.1) is 0 Å². The van der Waals surface area contributed by atoms with E-state index in [4.69, 9.17) is 9.84 Å². The molecule has 0 aliphatic heterocycles. The van der Waals surface area contributed by atoms with Crippen LogP contribution in [0.15, 0.2) is 29.2 Å². The molecule has 0 saturated heterocycles. The molecule has 0 spiro atoms. The zero-order chi connectivity index (χ0) is 12.8. The molecule has 1 N–H and O–H groups in total. The summed E-state index contributed by atoms with van der Waals surface area (Å²) in [5.41, 5.74) is 1.17. The molecule has 0 amide bonds. The van der Waals surface area contributed by atoms with Crippen LogP contribution in [0.4, 0.5) is 4.79 Å². The van der Waals surface area contributed by atoms with Gasteiger partial charge < -0.3 is 9.84 Å². The Labute approximate surface area is 110 Å². The summed E-state index contributed by atoms with van der Waals surface area (Å²) >= 11 is 4.21. The topological polar surface area (TPSA) is 46.5 Å². The van der Waals surface area contributed by atoms with Crippen LogP contribution < -0.4 is 0 Å². The van der Waals surface area contributed by atoms with Gasteiger partial charge in [0, 0.05) is 4.90 Å². The highest BCUT2D eigenvalue weighted by Gasteiger charge is 2.16. The molecule has 0 aromatic heterocycles. The summed E-state index contributed by atoms with van der Waals surface area (Å²) < 4.78 is 4.71. The lowest BCUT2D eigenvalue weighted by Crippen LogP contribution is -2.15. The van der Waals surface area contributed by atoms with Crippen LogP contribution >= 0.6 is 22.5 Å². The molecular formula is C12H16O3S2. The molecular weight excluding hydrogens is 256 g/mol. The number of carboxylic acid groups (broad SMARTS) is 1. The SMILES string of the molecule is CC(CC(C)c1ccccc1SS)OC(=O)O. The average molecular weight is 272 g/mol. The van der Waals surface area contributed by atoms with Gasteiger partial charge in [0.15, 0.2) is 0 Å². The normalized spacial score (nSPS) is 14.1. The van der Waals surface area contributed by atoms with E-state index in [9.17, 15) is 4.79 Å². The van der Waals surface area contributed by atoms with Crippen molar-refractivity contribution in [3.05, 3.63) is 29.8 Å². The van der Waals surface area contributed by atoms with Crippen LogP contribution in [-0.4, -0.2) is 17.4 Å². The Morgan fingerprint density at radius 1 is 1.47 bits per heavy atom. The molecule has 1 rings (SSSR count). The summed E-state index contributed by atoms with van der Waals surface area (Å²) in [7, 11) is 1.40. The van der Waals surface area contributed by atoms with Gasteiger partial charge in [-0.2, -0.15) is 0 Å². The predicted molar refractivity (Wildman–Crippen MR) is 72.9 cm³/mol. The lowest BCUT2D eigenvalue weighted by atomic mass is 9.95. The Morgan fingerprint density at radius 3 is 2.71 bits per heavy atom. The van der Waals surface area contributed by atoms with Crippen LogP contribution in [-0.2, 0) is 4.74 Å². The summed E-state index contributed by atoms with van der Waals surface area (Å²) in [5, 5.41) is 8.53. The van der Waals surface area contributed by atoms with Crippen molar-refractivity contribution in [3.8, 4) is 0 Å². The van der Waals surface area contributed by atoms with Crippen LogP contribution in [0.1, 0.15) is 31.7 Å². The molecule has 2 atom stereocenters. The Morgan fingerprint density at radius 2 is 2.12 bits per heavy atom. The third kappa shape index (κ3) is 4.52. The quantitative estimate of drug-likeness (QED) is 0.479. The lowest BCUT2D eigenvalue weighted by molar-refractivity contribution is 0.0535. The fraction of sp³-hybridized carbons (Fsp3) is 0.417. The second-order valence-electron chi connectivity index (χ2n) is 3.96.